The summed E-state index contributed by atoms with van der Waals surface area (Å²) in [5, 5.41) is 2.72. The van der Waals surface area contributed by atoms with Crippen molar-refractivity contribution in [1.82, 2.24) is 5.32 Å². The van der Waals surface area contributed by atoms with Crippen LogP contribution in [-0.4, -0.2) is 40.3 Å². The van der Waals surface area contributed by atoms with Gasteiger partial charge in [-0.2, -0.15) is 0 Å². The molecule has 0 saturated heterocycles. The van der Waals surface area contributed by atoms with Gasteiger partial charge in [-0.15, -0.1) is 0 Å². The Hall–Kier alpha value is -2.54. The van der Waals surface area contributed by atoms with Crippen molar-refractivity contribution in [3.8, 4) is 5.75 Å². The molecule has 0 aliphatic carbocycles. The topological polar surface area (TPSA) is 75.7 Å². The predicted octanol–water partition coefficient (Wildman–Crippen LogP) is 2.88. The molecule has 0 unspecified atom stereocenters. The highest BCUT2D eigenvalue weighted by Crippen LogP contribution is 2.24. The summed E-state index contributed by atoms with van der Waals surface area (Å²) in [7, 11) is -3.59. The van der Waals surface area contributed by atoms with E-state index in [1.807, 2.05) is 52.0 Å². The first-order valence-corrected chi connectivity index (χ1v) is 10.9. The lowest BCUT2D eigenvalue weighted by molar-refractivity contribution is -0.119. The van der Waals surface area contributed by atoms with Crippen molar-refractivity contribution in [3.63, 3.8) is 0 Å². The van der Waals surface area contributed by atoms with Crippen LogP contribution in [0.1, 0.15) is 22.3 Å². The zero-order valence-electron chi connectivity index (χ0n) is 17.1. The number of amides is 1. The Kier molecular flexibility index (Phi) is 7.07. The van der Waals surface area contributed by atoms with Crippen molar-refractivity contribution < 1.29 is 17.9 Å². The van der Waals surface area contributed by atoms with Crippen LogP contribution in [0.2, 0.25) is 0 Å². The lowest BCUT2D eigenvalue weighted by Gasteiger charge is -2.24. The van der Waals surface area contributed by atoms with Gasteiger partial charge in [-0.1, -0.05) is 29.8 Å². The number of nitrogens with one attached hydrogen (secondary N) is 1. The molecule has 152 valence electrons. The van der Waals surface area contributed by atoms with Crippen molar-refractivity contribution in [2.75, 3.05) is 30.3 Å². The van der Waals surface area contributed by atoms with E-state index in [0.717, 1.165) is 38.6 Å². The Balaban J connectivity index is 1.96. The van der Waals surface area contributed by atoms with Crippen molar-refractivity contribution in [3.05, 3.63) is 58.7 Å². The van der Waals surface area contributed by atoms with Gasteiger partial charge in [0.2, 0.25) is 15.9 Å². The quantitative estimate of drug-likeness (QED) is 0.687. The molecular formula is C21H28N2O4S. The van der Waals surface area contributed by atoms with Crippen LogP contribution in [0.25, 0.3) is 0 Å². The van der Waals surface area contributed by atoms with Crippen LogP contribution in [0.3, 0.4) is 0 Å². The van der Waals surface area contributed by atoms with Crippen LogP contribution in [0, 0.1) is 27.7 Å². The van der Waals surface area contributed by atoms with Gasteiger partial charge in [0.15, 0.2) is 0 Å². The second-order valence-electron chi connectivity index (χ2n) is 6.96. The van der Waals surface area contributed by atoms with Gasteiger partial charge in [-0.3, -0.25) is 9.10 Å². The molecule has 2 aromatic rings. The summed E-state index contributed by atoms with van der Waals surface area (Å²) in [6, 6.07) is 11.3. The number of benzene rings is 2. The van der Waals surface area contributed by atoms with Crippen LogP contribution >= 0.6 is 0 Å². The third-order valence-corrected chi connectivity index (χ3v) is 5.67. The molecule has 0 heterocycles. The summed E-state index contributed by atoms with van der Waals surface area (Å²) in [5.74, 6) is 0.392. The van der Waals surface area contributed by atoms with Gasteiger partial charge >= 0.3 is 0 Å². The van der Waals surface area contributed by atoms with Crippen LogP contribution in [-0.2, 0) is 14.8 Å². The Labute approximate surface area is 167 Å². The molecule has 0 aliphatic rings. The summed E-state index contributed by atoms with van der Waals surface area (Å²) >= 11 is 0. The fourth-order valence-electron chi connectivity index (χ4n) is 2.89. The van der Waals surface area contributed by atoms with Crippen molar-refractivity contribution in [1.29, 1.82) is 0 Å². The Bertz CT molecular complexity index is 955. The highest BCUT2D eigenvalue weighted by molar-refractivity contribution is 7.92. The third-order valence-electron chi connectivity index (χ3n) is 4.54. The van der Waals surface area contributed by atoms with Crippen LogP contribution in [0.5, 0.6) is 5.75 Å². The fourth-order valence-corrected chi connectivity index (χ4v) is 3.79. The minimum absolute atomic E-state index is 0.271. The largest absolute Gasteiger partial charge is 0.491 e. The maximum atomic E-state index is 12.3. The van der Waals surface area contributed by atoms with Crippen LogP contribution < -0.4 is 14.4 Å². The van der Waals surface area contributed by atoms with E-state index in [-0.39, 0.29) is 19.0 Å². The average molecular weight is 405 g/mol. The molecule has 1 N–H and O–H groups in total. The molecule has 2 aromatic carbocycles. The second-order valence-corrected chi connectivity index (χ2v) is 8.86. The number of hydrogen-bond acceptors (Lipinski definition) is 4. The molecule has 6 nitrogen and oxygen atoms in total. The molecule has 1 amide bonds. The van der Waals surface area contributed by atoms with Gasteiger partial charge < -0.3 is 10.1 Å². The minimum Gasteiger partial charge on any atom is -0.491 e. The highest BCUT2D eigenvalue weighted by Gasteiger charge is 2.22. The Morgan fingerprint density at radius 3 is 2.43 bits per heavy atom. The SMILES string of the molecule is Cc1ccc(OCCNC(=O)CN(c2cccc(C)c2C)S(C)(=O)=O)c(C)c1. The van der Waals surface area contributed by atoms with Gasteiger partial charge in [-0.25, -0.2) is 8.42 Å². The van der Waals surface area contributed by atoms with Crippen LogP contribution in [0.15, 0.2) is 36.4 Å². The number of carbonyl (C=O) groups excluding carboxylic acids is 1. The molecule has 0 atom stereocenters. The average Bonchev–Trinajstić information content (AvgIpc) is 2.60. The normalized spacial score (nSPS) is 11.2. The summed E-state index contributed by atoms with van der Waals surface area (Å²) in [6.07, 6.45) is 1.10. The maximum absolute atomic E-state index is 12.3. The van der Waals surface area contributed by atoms with E-state index in [2.05, 4.69) is 5.32 Å². The minimum atomic E-state index is -3.59. The van der Waals surface area contributed by atoms with E-state index < -0.39 is 10.0 Å². The monoisotopic (exact) mass is 404 g/mol. The number of ether oxygens (including phenoxy) is 1. The van der Waals surface area contributed by atoms with Crippen molar-refractivity contribution >= 4 is 21.6 Å². The van der Waals surface area contributed by atoms with Crippen molar-refractivity contribution in [2.24, 2.45) is 0 Å². The number of carbonyl (C=O) groups is 1. The van der Waals surface area contributed by atoms with E-state index in [1.54, 1.807) is 12.1 Å². The van der Waals surface area contributed by atoms with Gasteiger partial charge in [0.05, 0.1) is 18.5 Å². The molecule has 0 spiro atoms. The summed E-state index contributed by atoms with van der Waals surface area (Å²) in [4.78, 5) is 12.3. The zero-order chi connectivity index (χ0) is 20.9. The van der Waals surface area contributed by atoms with E-state index in [0.29, 0.717) is 12.3 Å². The standard InChI is InChI=1S/C21H28N2O4S/c1-15-9-10-20(17(3)13-15)27-12-11-22-21(24)14-23(28(5,25)26)19-8-6-7-16(2)18(19)4/h6-10,13H,11-12,14H2,1-5H3,(H,22,24). The van der Waals surface area contributed by atoms with Gasteiger partial charge in [0, 0.05) is 0 Å². The smallest absolute Gasteiger partial charge is 0.240 e. The van der Waals surface area contributed by atoms with Gasteiger partial charge in [-0.05, 0) is 56.5 Å². The molecule has 0 fully saturated rings. The Morgan fingerprint density at radius 1 is 1.07 bits per heavy atom. The van der Waals surface area contributed by atoms with E-state index in [4.69, 9.17) is 4.74 Å². The first kappa shape index (κ1) is 21.8. The predicted molar refractivity (Wildman–Crippen MR) is 113 cm³/mol. The zero-order valence-corrected chi connectivity index (χ0v) is 17.9. The molecule has 0 saturated carbocycles. The maximum Gasteiger partial charge on any atom is 0.240 e. The molecule has 28 heavy (non-hydrogen) atoms. The van der Waals surface area contributed by atoms with Crippen molar-refractivity contribution in [2.45, 2.75) is 27.7 Å². The van der Waals surface area contributed by atoms with E-state index >= 15 is 0 Å². The molecular weight excluding hydrogens is 376 g/mol. The molecule has 0 aromatic heterocycles. The van der Waals surface area contributed by atoms with E-state index in [9.17, 15) is 13.2 Å². The number of sulfonamides is 1. The summed E-state index contributed by atoms with van der Waals surface area (Å²) in [6.45, 7) is 8.05. The number of nitrogens with zero attached hydrogens (tertiary/aromatic N) is 1. The lowest BCUT2D eigenvalue weighted by atomic mass is 10.1. The Morgan fingerprint density at radius 2 is 1.79 bits per heavy atom. The first-order valence-electron chi connectivity index (χ1n) is 9.10. The first-order chi connectivity index (χ1) is 13.1. The van der Waals surface area contributed by atoms with Gasteiger partial charge in [0.25, 0.3) is 0 Å². The van der Waals surface area contributed by atoms with Crippen LogP contribution in [0.4, 0.5) is 5.69 Å². The third kappa shape index (κ3) is 5.73. The number of hydrogen-bond donors (Lipinski definition) is 1. The molecule has 0 aliphatic heterocycles. The lowest BCUT2D eigenvalue weighted by Crippen LogP contribution is -2.41. The summed E-state index contributed by atoms with van der Waals surface area (Å²) < 4.78 is 31.3. The number of anilines is 1. The fraction of sp³-hybridized carbons (Fsp3) is 0.381. The number of rotatable bonds is 8. The van der Waals surface area contributed by atoms with Gasteiger partial charge in [0.1, 0.15) is 18.9 Å². The highest BCUT2D eigenvalue weighted by atomic mass is 32.2. The molecule has 7 heteroatoms. The molecule has 2 rings (SSSR count). The number of aryl methyl sites for hydroxylation is 3. The van der Waals surface area contributed by atoms with E-state index in [1.165, 1.54) is 0 Å². The molecule has 0 radical (unpaired) electrons. The molecule has 0 bridgehead atoms. The summed E-state index contributed by atoms with van der Waals surface area (Å²) in [5.41, 5.74) is 4.51. The second kappa shape index (κ2) is 9.10.